The van der Waals surface area contributed by atoms with Crippen molar-refractivity contribution < 1.29 is 14.0 Å². The molecular weight excluding hydrogens is 374 g/mol. The minimum atomic E-state index is -0.285. The highest BCUT2D eigenvalue weighted by molar-refractivity contribution is 7.09. The maximum atomic E-state index is 12.5. The van der Waals surface area contributed by atoms with E-state index < -0.39 is 0 Å². The van der Waals surface area contributed by atoms with Crippen molar-refractivity contribution in [1.82, 2.24) is 9.88 Å². The van der Waals surface area contributed by atoms with Gasteiger partial charge in [0.25, 0.3) is 11.8 Å². The molecule has 6 nitrogen and oxygen atoms in total. The van der Waals surface area contributed by atoms with Crippen LogP contribution in [-0.4, -0.2) is 22.4 Å². The first-order chi connectivity index (χ1) is 13.3. The summed E-state index contributed by atoms with van der Waals surface area (Å²) in [6, 6.07) is 10.8. The molecule has 0 saturated heterocycles. The van der Waals surface area contributed by atoms with Crippen molar-refractivity contribution >= 4 is 23.2 Å². The molecule has 146 valence electrons. The first-order valence-corrected chi connectivity index (χ1v) is 9.85. The van der Waals surface area contributed by atoms with Crippen LogP contribution in [-0.2, 0) is 6.54 Å². The van der Waals surface area contributed by atoms with Crippen LogP contribution in [0.5, 0.6) is 0 Å². The molecule has 3 aromatic rings. The molecule has 0 aliphatic carbocycles. The quantitative estimate of drug-likeness (QED) is 0.713. The summed E-state index contributed by atoms with van der Waals surface area (Å²) in [5, 5.41) is 2.80. The molecule has 0 saturated carbocycles. The maximum absolute atomic E-state index is 12.5. The Labute approximate surface area is 167 Å². The molecule has 0 aliphatic heterocycles. The van der Waals surface area contributed by atoms with E-state index in [2.05, 4.69) is 10.3 Å². The van der Waals surface area contributed by atoms with Crippen LogP contribution in [0.25, 0.3) is 0 Å². The second-order valence-electron chi connectivity index (χ2n) is 6.93. The van der Waals surface area contributed by atoms with Crippen LogP contribution in [0.15, 0.2) is 52.0 Å². The molecule has 0 unspecified atom stereocenters. The first-order valence-electron chi connectivity index (χ1n) is 9.04. The summed E-state index contributed by atoms with van der Waals surface area (Å²) in [5.74, 6) is 0.362. The van der Waals surface area contributed by atoms with Crippen molar-refractivity contribution in [1.29, 1.82) is 0 Å². The van der Waals surface area contributed by atoms with Gasteiger partial charge in [-0.1, -0.05) is 17.7 Å². The van der Waals surface area contributed by atoms with E-state index in [0.29, 0.717) is 22.7 Å². The number of thiazole rings is 1. The van der Waals surface area contributed by atoms with Crippen LogP contribution < -0.4 is 10.1 Å². The zero-order valence-electron chi connectivity index (χ0n) is 16.4. The number of rotatable bonds is 5. The molecule has 2 amide bonds. The second-order valence-corrected chi connectivity index (χ2v) is 8.14. The summed E-state index contributed by atoms with van der Waals surface area (Å²) in [6.07, 6.45) is 1.92. The van der Waals surface area contributed by atoms with Crippen molar-refractivity contribution in [3.05, 3.63) is 74.9 Å². The van der Waals surface area contributed by atoms with E-state index in [1.165, 1.54) is 11.3 Å². The Hall–Kier alpha value is -2.93. The fourth-order valence-corrected chi connectivity index (χ4v) is 3.47. The summed E-state index contributed by atoms with van der Waals surface area (Å²) >= 11 is 1.44. The Morgan fingerprint density at radius 3 is 2.54 bits per heavy atom. The van der Waals surface area contributed by atoms with Gasteiger partial charge < -0.3 is 14.3 Å². The van der Waals surface area contributed by atoms with Gasteiger partial charge in [-0.05, 0) is 52.0 Å². The van der Waals surface area contributed by atoms with Gasteiger partial charge >= 0.3 is 0 Å². The van der Waals surface area contributed by atoms with Gasteiger partial charge in [0.15, 0.2) is 10.6 Å². The molecular formula is C21H23N3O3S. The van der Waals surface area contributed by atoms with E-state index in [1.807, 2.05) is 50.6 Å². The highest BCUT2D eigenvalue weighted by Gasteiger charge is 2.13. The van der Waals surface area contributed by atoms with Gasteiger partial charge in [0.05, 0.1) is 6.54 Å². The Bertz CT molecular complexity index is 1060. The Morgan fingerprint density at radius 1 is 1.14 bits per heavy atom. The normalized spacial score (nSPS) is 11.8. The molecule has 1 aromatic carbocycles. The Morgan fingerprint density at radius 2 is 1.86 bits per heavy atom. The van der Waals surface area contributed by atoms with Crippen LogP contribution in [0.1, 0.15) is 51.0 Å². The van der Waals surface area contributed by atoms with Gasteiger partial charge in [-0.3, -0.25) is 9.59 Å². The average Bonchev–Trinajstić information content (AvgIpc) is 3.22. The van der Waals surface area contributed by atoms with Gasteiger partial charge in [0, 0.05) is 22.7 Å². The van der Waals surface area contributed by atoms with Crippen LogP contribution in [0.3, 0.4) is 0 Å². The molecule has 0 radical (unpaired) electrons. The summed E-state index contributed by atoms with van der Waals surface area (Å²) < 4.78 is 7.52. The van der Waals surface area contributed by atoms with Crippen molar-refractivity contribution in [2.45, 2.75) is 40.3 Å². The van der Waals surface area contributed by atoms with Crippen molar-refractivity contribution in [2.24, 2.45) is 4.99 Å². The summed E-state index contributed by atoms with van der Waals surface area (Å²) in [7, 11) is 0. The predicted octanol–water partition coefficient (Wildman–Crippen LogP) is 3.69. The second kappa shape index (κ2) is 8.39. The number of nitrogens with zero attached hydrogens (tertiary/aromatic N) is 2. The molecule has 0 fully saturated rings. The summed E-state index contributed by atoms with van der Waals surface area (Å²) in [5.41, 5.74) is 1.64. The molecule has 28 heavy (non-hydrogen) atoms. The van der Waals surface area contributed by atoms with Crippen molar-refractivity contribution in [3.8, 4) is 0 Å². The number of carbonyl (C=O) groups excluding carboxylic acids is 2. The van der Waals surface area contributed by atoms with Gasteiger partial charge in [0.1, 0.15) is 5.76 Å². The van der Waals surface area contributed by atoms with Crippen LogP contribution >= 0.6 is 11.3 Å². The minimum absolute atomic E-state index is 0.0353. The highest BCUT2D eigenvalue weighted by atomic mass is 32.1. The number of hydrogen-bond donors (Lipinski definition) is 1. The van der Waals surface area contributed by atoms with Gasteiger partial charge in [0.2, 0.25) is 0 Å². The minimum Gasteiger partial charge on any atom is -0.454 e. The lowest BCUT2D eigenvalue weighted by molar-refractivity contribution is 0.0912. The zero-order valence-corrected chi connectivity index (χ0v) is 17.2. The summed E-state index contributed by atoms with van der Waals surface area (Å²) in [6.45, 7) is 8.11. The van der Waals surface area contributed by atoms with E-state index in [9.17, 15) is 9.59 Å². The first kappa shape index (κ1) is 19.8. The van der Waals surface area contributed by atoms with E-state index >= 15 is 0 Å². The average molecular weight is 398 g/mol. The van der Waals surface area contributed by atoms with Crippen molar-refractivity contribution in [2.75, 3.05) is 0 Å². The third kappa shape index (κ3) is 4.86. The topological polar surface area (TPSA) is 76.6 Å². The standard InChI is InChI=1S/C21H23N3O3S/c1-13(2)22-20(26)18-10-9-17(27-18)12-24-11-15(4)28-21(24)23-19(25)16-7-5-14(3)6-8-16/h5-11,13H,12H2,1-4H3,(H,22,26). The number of benzene rings is 1. The van der Waals surface area contributed by atoms with Crippen LogP contribution in [0.4, 0.5) is 0 Å². The van der Waals surface area contributed by atoms with Crippen LogP contribution in [0.2, 0.25) is 0 Å². The number of aryl methyl sites for hydroxylation is 2. The molecule has 0 bridgehead atoms. The van der Waals surface area contributed by atoms with E-state index in [4.69, 9.17) is 4.42 Å². The number of nitrogens with one attached hydrogen (secondary N) is 1. The summed E-state index contributed by atoms with van der Waals surface area (Å²) in [4.78, 5) is 30.4. The molecule has 2 heterocycles. The van der Waals surface area contributed by atoms with E-state index in [-0.39, 0.29) is 23.6 Å². The fraction of sp³-hybridized carbons (Fsp3) is 0.286. The highest BCUT2D eigenvalue weighted by Crippen LogP contribution is 2.12. The Balaban J connectivity index is 1.83. The number of hydrogen-bond acceptors (Lipinski definition) is 4. The zero-order chi connectivity index (χ0) is 20.3. The molecule has 2 aromatic heterocycles. The van der Waals surface area contributed by atoms with Gasteiger partial charge in [-0.2, -0.15) is 4.99 Å². The third-order valence-electron chi connectivity index (χ3n) is 3.96. The number of amides is 2. The molecule has 3 rings (SSSR count). The predicted molar refractivity (Wildman–Crippen MR) is 109 cm³/mol. The van der Waals surface area contributed by atoms with Gasteiger partial charge in [-0.25, -0.2) is 0 Å². The number of furan rings is 1. The maximum Gasteiger partial charge on any atom is 0.287 e. The van der Waals surface area contributed by atoms with E-state index in [0.717, 1.165) is 10.4 Å². The largest absolute Gasteiger partial charge is 0.454 e. The monoisotopic (exact) mass is 397 g/mol. The van der Waals surface area contributed by atoms with E-state index in [1.54, 1.807) is 24.3 Å². The molecule has 0 atom stereocenters. The molecule has 1 N–H and O–H groups in total. The smallest absolute Gasteiger partial charge is 0.287 e. The molecule has 0 aliphatic rings. The number of aromatic nitrogens is 1. The lowest BCUT2D eigenvalue weighted by atomic mass is 10.1. The SMILES string of the molecule is Cc1ccc(C(=O)N=c2sc(C)cn2Cc2ccc(C(=O)NC(C)C)o2)cc1. The number of carbonyl (C=O) groups is 2. The molecule has 7 heteroatoms. The fourth-order valence-electron chi connectivity index (χ4n) is 2.64. The third-order valence-corrected chi connectivity index (χ3v) is 4.90. The lowest BCUT2D eigenvalue weighted by Crippen LogP contribution is -2.29. The van der Waals surface area contributed by atoms with Gasteiger partial charge in [-0.15, -0.1) is 11.3 Å². The van der Waals surface area contributed by atoms with Crippen LogP contribution in [0, 0.1) is 13.8 Å². The molecule has 0 spiro atoms. The Kier molecular flexibility index (Phi) is 5.94. The lowest BCUT2D eigenvalue weighted by Gasteiger charge is -2.05. The van der Waals surface area contributed by atoms with Crippen molar-refractivity contribution in [3.63, 3.8) is 0 Å².